The topological polar surface area (TPSA) is 58.4 Å². The molecule has 2 amide bonds. The summed E-state index contributed by atoms with van der Waals surface area (Å²) in [5.41, 5.74) is 4.82. The second-order valence-electron chi connectivity index (χ2n) is 9.51. The minimum Gasteiger partial charge on any atom is -0.318 e. The molecule has 1 atom stereocenters. The van der Waals surface area contributed by atoms with Gasteiger partial charge in [-0.25, -0.2) is 4.98 Å². The Hall–Kier alpha value is -3.93. The molecule has 1 unspecified atom stereocenters. The van der Waals surface area contributed by atoms with Gasteiger partial charge < -0.3 is 14.4 Å². The average Bonchev–Trinajstić information content (AvgIpc) is 3.48. The quantitative estimate of drug-likeness (QED) is 0.332. The Labute approximate surface area is 212 Å². The van der Waals surface area contributed by atoms with E-state index in [0.29, 0.717) is 13.0 Å². The highest BCUT2D eigenvalue weighted by molar-refractivity contribution is 5.97. The van der Waals surface area contributed by atoms with Crippen molar-refractivity contribution in [1.29, 1.82) is 0 Å². The molecule has 5 rings (SSSR count). The van der Waals surface area contributed by atoms with Crippen molar-refractivity contribution in [2.24, 2.45) is 0 Å². The number of anilines is 2. The molecule has 0 N–H and O–H groups in total. The zero-order valence-corrected chi connectivity index (χ0v) is 20.9. The lowest BCUT2D eigenvalue weighted by Crippen LogP contribution is -2.31. The van der Waals surface area contributed by atoms with Crippen LogP contribution in [0.25, 0.3) is 11.0 Å². The minimum atomic E-state index is -0.0838. The summed E-state index contributed by atoms with van der Waals surface area (Å²) in [7, 11) is 1.79. The van der Waals surface area contributed by atoms with Crippen molar-refractivity contribution in [1.82, 2.24) is 9.55 Å². The van der Waals surface area contributed by atoms with Gasteiger partial charge in [0.15, 0.2) is 0 Å². The van der Waals surface area contributed by atoms with Gasteiger partial charge in [0.05, 0.1) is 11.0 Å². The van der Waals surface area contributed by atoms with Gasteiger partial charge in [0, 0.05) is 37.3 Å². The smallest absolute Gasteiger partial charge is 0.246 e. The standard InChI is InChI=1S/C30H32N4O2/c1-3-4-10-22-15-17-25(18-16-22)33-20-23(19-28(33)35)30-31-26-13-8-9-14-27(26)34(30)21-29(36)32(2)24-11-6-5-7-12-24/h5-9,11-18,23H,3-4,10,19-21H2,1-2H3. The Morgan fingerprint density at radius 3 is 2.47 bits per heavy atom. The number of amides is 2. The summed E-state index contributed by atoms with van der Waals surface area (Å²) in [6, 6.07) is 25.8. The van der Waals surface area contributed by atoms with Crippen LogP contribution in [0.3, 0.4) is 0 Å². The molecule has 36 heavy (non-hydrogen) atoms. The molecule has 184 valence electrons. The summed E-state index contributed by atoms with van der Waals surface area (Å²) in [6.07, 6.45) is 3.77. The van der Waals surface area contributed by atoms with Gasteiger partial charge in [-0.2, -0.15) is 0 Å². The number of imidazole rings is 1. The van der Waals surface area contributed by atoms with E-state index in [4.69, 9.17) is 4.98 Å². The highest BCUT2D eigenvalue weighted by Crippen LogP contribution is 2.33. The molecule has 3 aromatic carbocycles. The largest absolute Gasteiger partial charge is 0.318 e. The molecular formula is C30H32N4O2. The lowest BCUT2D eigenvalue weighted by molar-refractivity contribution is -0.119. The van der Waals surface area contributed by atoms with Crippen molar-refractivity contribution < 1.29 is 9.59 Å². The number of carbonyl (C=O) groups excluding carboxylic acids is 2. The first-order valence-corrected chi connectivity index (χ1v) is 12.7. The summed E-state index contributed by atoms with van der Waals surface area (Å²) in [6.45, 7) is 2.91. The van der Waals surface area contributed by atoms with Crippen molar-refractivity contribution in [2.75, 3.05) is 23.4 Å². The molecule has 1 fully saturated rings. The Kier molecular flexibility index (Phi) is 6.85. The number of fused-ring (bicyclic) bond motifs is 1. The molecule has 1 aliphatic rings. The summed E-state index contributed by atoms with van der Waals surface area (Å²) < 4.78 is 1.99. The number of hydrogen-bond acceptors (Lipinski definition) is 3. The van der Waals surface area contributed by atoms with Crippen LogP contribution in [0, 0.1) is 0 Å². The summed E-state index contributed by atoms with van der Waals surface area (Å²) in [5.74, 6) is 0.767. The fourth-order valence-corrected chi connectivity index (χ4v) is 4.96. The van der Waals surface area contributed by atoms with E-state index in [1.165, 1.54) is 18.4 Å². The van der Waals surface area contributed by atoms with Crippen molar-refractivity contribution in [2.45, 2.75) is 45.1 Å². The number of carbonyl (C=O) groups is 2. The van der Waals surface area contributed by atoms with Crippen molar-refractivity contribution >= 4 is 34.2 Å². The molecule has 0 spiro atoms. The maximum atomic E-state index is 13.3. The summed E-state index contributed by atoms with van der Waals surface area (Å²) >= 11 is 0. The van der Waals surface area contributed by atoms with Gasteiger partial charge in [0.2, 0.25) is 11.8 Å². The van der Waals surface area contributed by atoms with Gasteiger partial charge in [-0.1, -0.05) is 55.8 Å². The van der Waals surface area contributed by atoms with Crippen molar-refractivity contribution in [3.63, 3.8) is 0 Å². The fourth-order valence-electron chi connectivity index (χ4n) is 4.96. The van der Waals surface area contributed by atoms with Gasteiger partial charge in [-0.15, -0.1) is 0 Å². The van der Waals surface area contributed by atoms with E-state index in [1.807, 2.05) is 76.2 Å². The average molecular weight is 481 g/mol. The molecule has 0 radical (unpaired) electrons. The third kappa shape index (κ3) is 4.76. The first-order valence-electron chi connectivity index (χ1n) is 12.7. The maximum Gasteiger partial charge on any atom is 0.246 e. The van der Waals surface area contributed by atoms with Crippen LogP contribution in [0.15, 0.2) is 78.9 Å². The number of aromatic nitrogens is 2. The maximum absolute atomic E-state index is 13.3. The Morgan fingerprint density at radius 2 is 1.72 bits per heavy atom. The van der Waals surface area contributed by atoms with Crippen molar-refractivity contribution in [3.05, 3.63) is 90.3 Å². The Balaban J connectivity index is 1.40. The van der Waals surface area contributed by atoms with E-state index in [9.17, 15) is 9.59 Å². The molecule has 0 saturated carbocycles. The van der Waals surface area contributed by atoms with Gasteiger partial charge >= 0.3 is 0 Å². The number of rotatable bonds is 8. The summed E-state index contributed by atoms with van der Waals surface area (Å²) in [4.78, 5) is 34.8. The van der Waals surface area contributed by atoms with Crippen LogP contribution in [0.1, 0.15) is 43.5 Å². The third-order valence-electron chi connectivity index (χ3n) is 7.05. The fraction of sp³-hybridized carbons (Fsp3) is 0.300. The number of para-hydroxylation sites is 3. The van der Waals surface area contributed by atoms with Crippen LogP contribution >= 0.6 is 0 Å². The zero-order chi connectivity index (χ0) is 25.1. The molecular weight excluding hydrogens is 448 g/mol. The van der Waals surface area contributed by atoms with Crippen LogP contribution < -0.4 is 9.80 Å². The number of hydrogen-bond donors (Lipinski definition) is 0. The molecule has 0 aliphatic carbocycles. The van der Waals surface area contributed by atoms with Gasteiger partial charge in [-0.3, -0.25) is 9.59 Å². The monoisotopic (exact) mass is 480 g/mol. The van der Waals surface area contributed by atoms with E-state index >= 15 is 0 Å². The van der Waals surface area contributed by atoms with Crippen molar-refractivity contribution in [3.8, 4) is 0 Å². The van der Waals surface area contributed by atoms with Crippen LogP contribution in [-0.4, -0.2) is 35.0 Å². The van der Waals surface area contributed by atoms with Crippen LogP contribution in [-0.2, 0) is 22.6 Å². The van der Waals surface area contributed by atoms with E-state index in [-0.39, 0.29) is 24.3 Å². The predicted molar refractivity (Wildman–Crippen MR) is 144 cm³/mol. The Morgan fingerprint density at radius 1 is 1.00 bits per heavy atom. The highest BCUT2D eigenvalue weighted by atomic mass is 16.2. The molecule has 6 nitrogen and oxygen atoms in total. The second kappa shape index (κ2) is 10.4. The number of likely N-dealkylation sites (N-methyl/N-ethyl adjacent to an activating group) is 1. The number of nitrogens with zero attached hydrogens (tertiary/aromatic N) is 4. The highest BCUT2D eigenvalue weighted by Gasteiger charge is 2.35. The zero-order valence-electron chi connectivity index (χ0n) is 20.9. The third-order valence-corrected chi connectivity index (χ3v) is 7.05. The molecule has 1 aromatic heterocycles. The molecule has 0 bridgehead atoms. The normalized spacial score (nSPS) is 15.6. The van der Waals surface area contributed by atoms with Gasteiger partial charge in [0.1, 0.15) is 12.4 Å². The SMILES string of the molecule is CCCCc1ccc(N2CC(c3nc4ccccc4n3CC(=O)N(C)c3ccccc3)CC2=O)cc1. The number of benzene rings is 3. The Bertz CT molecular complexity index is 1360. The predicted octanol–water partition coefficient (Wildman–Crippen LogP) is 5.56. The van der Waals surface area contributed by atoms with Gasteiger partial charge in [-0.05, 0) is 54.8 Å². The lowest BCUT2D eigenvalue weighted by Gasteiger charge is -2.20. The van der Waals surface area contributed by atoms with Crippen LogP contribution in [0.4, 0.5) is 11.4 Å². The van der Waals surface area contributed by atoms with E-state index in [0.717, 1.165) is 34.7 Å². The van der Waals surface area contributed by atoms with E-state index in [2.05, 4.69) is 19.1 Å². The van der Waals surface area contributed by atoms with Crippen LogP contribution in [0.2, 0.25) is 0 Å². The minimum absolute atomic E-state index is 0.0329. The van der Waals surface area contributed by atoms with Crippen LogP contribution in [0.5, 0.6) is 0 Å². The van der Waals surface area contributed by atoms with E-state index in [1.54, 1.807) is 11.9 Å². The molecule has 4 aromatic rings. The van der Waals surface area contributed by atoms with E-state index < -0.39 is 0 Å². The van der Waals surface area contributed by atoms with Gasteiger partial charge in [0.25, 0.3) is 0 Å². The molecule has 1 aliphatic heterocycles. The number of unbranched alkanes of at least 4 members (excludes halogenated alkanes) is 1. The second-order valence-corrected chi connectivity index (χ2v) is 9.51. The molecule has 2 heterocycles. The summed E-state index contributed by atoms with van der Waals surface area (Å²) in [5, 5.41) is 0. The molecule has 1 saturated heterocycles. The molecule has 6 heteroatoms. The first kappa shape index (κ1) is 23.8. The number of aryl methyl sites for hydroxylation is 1. The lowest BCUT2D eigenvalue weighted by atomic mass is 10.1. The first-order chi connectivity index (χ1) is 17.5.